The summed E-state index contributed by atoms with van der Waals surface area (Å²) in [5.41, 5.74) is 6.59. The molecular formula is C18H25BN2O5. The summed E-state index contributed by atoms with van der Waals surface area (Å²) in [4.78, 5) is 23.5. The molecule has 140 valence electrons. The first-order chi connectivity index (χ1) is 12.4. The van der Waals surface area contributed by atoms with Crippen LogP contribution in [0.2, 0.25) is 0 Å². The number of carboxylic acids is 1. The average Bonchev–Trinajstić information content (AvgIpc) is 2.61. The molecule has 0 bridgehead atoms. The third kappa shape index (κ3) is 4.37. The molecule has 2 aliphatic rings. The van der Waals surface area contributed by atoms with Gasteiger partial charge in [0.2, 0.25) is 5.91 Å². The fourth-order valence-electron chi connectivity index (χ4n) is 3.81. The monoisotopic (exact) mass is 360 g/mol. The summed E-state index contributed by atoms with van der Waals surface area (Å²) >= 11 is 0. The van der Waals surface area contributed by atoms with E-state index in [1.807, 2.05) is 0 Å². The van der Waals surface area contributed by atoms with E-state index in [1.54, 1.807) is 12.1 Å². The van der Waals surface area contributed by atoms with Crippen molar-refractivity contribution in [2.24, 2.45) is 11.7 Å². The van der Waals surface area contributed by atoms with Gasteiger partial charge in [0.25, 0.3) is 0 Å². The number of aromatic carboxylic acids is 1. The molecule has 1 heterocycles. The van der Waals surface area contributed by atoms with Gasteiger partial charge in [0.1, 0.15) is 5.75 Å². The second-order valence-corrected chi connectivity index (χ2v) is 7.30. The second-order valence-electron chi connectivity index (χ2n) is 7.30. The van der Waals surface area contributed by atoms with Gasteiger partial charge in [-0.15, -0.1) is 0 Å². The van der Waals surface area contributed by atoms with Crippen molar-refractivity contribution in [3.05, 3.63) is 29.3 Å². The maximum Gasteiger partial charge on any atom is 0.547 e. The lowest BCUT2D eigenvalue weighted by atomic mass is 9.72. The number of nitrogens with two attached hydrogens (primary N) is 1. The molecule has 1 aromatic carbocycles. The highest BCUT2D eigenvalue weighted by molar-refractivity contribution is 6.47. The minimum Gasteiger partial charge on any atom is -0.534 e. The van der Waals surface area contributed by atoms with Crippen LogP contribution in [0.1, 0.15) is 54.4 Å². The molecular weight excluding hydrogens is 335 g/mol. The predicted octanol–water partition coefficient (Wildman–Crippen LogP) is 1.12. The number of para-hydroxylation sites is 1. The Kier molecular flexibility index (Phi) is 5.83. The number of carbonyl (C=O) groups is 2. The fraction of sp³-hybridized carbons (Fsp3) is 0.556. The van der Waals surface area contributed by atoms with Crippen LogP contribution in [0.5, 0.6) is 5.75 Å². The summed E-state index contributed by atoms with van der Waals surface area (Å²) in [6.45, 7) is 0. The maximum atomic E-state index is 12.3. The van der Waals surface area contributed by atoms with Crippen LogP contribution >= 0.6 is 0 Å². The molecule has 8 heteroatoms. The molecule has 1 aliphatic heterocycles. The lowest BCUT2D eigenvalue weighted by Gasteiger charge is -2.29. The first kappa shape index (κ1) is 18.7. The normalized spacial score (nSPS) is 25.2. The van der Waals surface area contributed by atoms with E-state index < -0.39 is 19.0 Å². The average molecular weight is 360 g/mol. The molecule has 26 heavy (non-hydrogen) atoms. The molecule has 1 fully saturated rings. The third-order valence-electron chi connectivity index (χ3n) is 5.37. The summed E-state index contributed by atoms with van der Waals surface area (Å²) in [7, 11) is -1.26. The minimum absolute atomic E-state index is 0.0156. The topological polar surface area (TPSA) is 122 Å². The van der Waals surface area contributed by atoms with E-state index in [1.165, 1.54) is 6.07 Å². The van der Waals surface area contributed by atoms with E-state index in [4.69, 9.17) is 10.4 Å². The number of carboxylic acid groups (broad SMARTS) is 1. The number of nitrogens with one attached hydrogen (secondary N) is 1. The molecule has 0 spiro atoms. The van der Waals surface area contributed by atoms with E-state index in [0.29, 0.717) is 30.4 Å². The lowest BCUT2D eigenvalue weighted by Crippen LogP contribution is -2.53. The second kappa shape index (κ2) is 8.10. The molecule has 0 radical (unpaired) electrons. The van der Waals surface area contributed by atoms with Crippen molar-refractivity contribution in [1.82, 2.24) is 5.32 Å². The van der Waals surface area contributed by atoms with Crippen LogP contribution in [0.4, 0.5) is 0 Å². The van der Waals surface area contributed by atoms with E-state index in [9.17, 15) is 19.7 Å². The highest BCUT2D eigenvalue weighted by atomic mass is 16.5. The number of hydrogen-bond acceptors (Lipinski definition) is 5. The Morgan fingerprint density at radius 1 is 1.27 bits per heavy atom. The standard InChI is InChI=1S/C18H25BN2O5/c20-13-7-4-11(5-8-13)6-9-16(22)21-15-10-12-2-1-3-14(18(23)24)17(12)26-19(15)25/h1-3,11,13,15,25H,4-10,20H2,(H,21,22)(H,23,24)/t11?,13?,15-/m0/s1. The predicted molar refractivity (Wildman–Crippen MR) is 96.8 cm³/mol. The Bertz CT molecular complexity index is 676. The zero-order valence-electron chi connectivity index (χ0n) is 14.7. The van der Waals surface area contributed by atoms with Gasteiger partial charge < -0.3 is 25.8 Å². The Hall–Kier alpha value is -2.06. The van der Waals surface area contributed by atoms with Crippen molar-refractivity contribution in [2.45, 2.75) is 56.9 Å². The van der Waals surface area contributed by atoms with Gasteiger partial charge in [-0.1, -0.05) is 12.1 Å². The van der Waals surface area contributed by atoms with Crippen LogP contribution in [0.25, 0.3) is 0 Å². The van der Waals surface area contributed by atoms with Gasteiger partial charge in [-0.2, -0.15) is 0 Å². The highest BCUT2D eigenvalue weighted by Gasteiger charge is 2.37. The molecule has 0 aromatic heterocycles. The quantitative estimate of drug-likeness (QED) is 0.584. The summed E-state index contributed by atoms with van der Waals surface area (Å²) in [5.74, 6) is -1.10. The van der Waals surface area contributed by atoms with Crippen molar-refractivity contribution in [2.75, 3.05) is 0 Å². The van der Waals surface area contributed by atoms with Crippen LogP contribution in [0.15, 0.2) is 18.2 Å². The van der Waals surface area contributed by atoms with E-state index in [0.717, 1.165) is 32.1 Å². The number of fused-ring (bicyclic) bond motifs is 1. The summed E-state index contributed by atoms with van der Waals surface area (Å²) in [6.07, 6.45) is 5.73. The Morgan fingerprint density at radius 3 is 2.69 bits per heavy atom. The molecule has 0 saturated heterocycles. The van der Waals surface area contributed by atoms with E-state index in [-0.39, 0.29) is 17.2 Å². The fourth-order valence-corrected chi connectivity index (χ4v) is 3.81. The largest absolute Gasteiger partial charge is 0.547 e. The maximum absolute atomic E-state index is 12.3. The number of hydrogen-bond donors (Lipinski definition) is 4. The first-order valence-corrected chi connectivity index (χ1v) is 9.19. The van der Waals surface area contributed by atoms with Gasteiger partial charge in [0.15, 0.2) is 0 Å². The molecule has 3 rings (SSSR count). The molecule has 1 aliphatic carbocycles. The van der Waals surface area contributed by atoms with Gasteiger partial charge in [-0.25, -0.2) is 4.79 Å². The van der Waals surface area contributed by atoms with Gasteiger partial charge in [-0.3, -0.25) is 4.79 Å². The third-order valence-corrected chi connectivity index (χ3v) is 5.37. The Balaban J connectivity index is 1.54. The molecule has 1 amide bonds. The SMILES string of the molecule is NC1CCC(CCC(=O)N[C@H]2Cc3cccc(C(=O)O)c3OB2O)CC1. The zero-order chi connectivity index (χ0) is 18.7. The Morgan fingerprint density at radius 2 is 2.00 bits per heavy atom. The zero-order valence-corrected chi connectivity index (χ0v) is 14.7. The molecule has 1 saturated carbocycles. The van der Waals surface area contributed by atoms with Gasteiger partial charge in [0.05, 0.1) is 11.5 Å². The molecule has 0 unspecified atom stereocenters. The van der Waals surface area contributed by atoms with Crippen molar-refractivity contribution >= 4 is 19.0 Å². The van der Waals surface area contributed by atoms with Crippen molar-refractivity contribution < 1.29 is 24.4 Å². The molecule has 5 N–H and O–H groups in total. The van der Waals surface area contributed by atoms with Crippen LogP contribution in [-0.4, -0.2) is 41.1 Å². The minimum atomic E-state index is -1.26. The van der Waals surface area contributed by atoms with Crippen LogP contribution < -0.4 is 15.7 Å². The van der Waals surface area contributed by atoms with Gasteiger partial charge in [0, 0.05) is 12.5 Å². The first-order valence-electron chi connectivity index (χ1n) is 9.19. The Labute approximate surface area is 153 Å². The van der Waals surface area contributed by atoms with Crippen molar-refractivity contribution in [3.63, 3.8) is 0 Å². The van der Waals surface area contributed by atoms with Gasteiger partial charge >= 0.3 is 13.1 Å². The lowest BCUT2D eigenvalue weighted by molar-refractivity contribution is -0.121. The van der Waals surface area contributed by atoms with Crippen LogP contribution in [0, 0.1) is 5.92 Å². The van der Waals surface area contributed by atoms with Crippen molar-refractivity contribution in [3.8, 4) is 5.75 Å². The van der Waals surface area contributed by atoms with Crippen LogP contribution in [0.3, 0.4) is 0 Å². The number of amides is 1. The summed E-state index contributed by atoms with van der Waals surface area (Å²) < 4.78 is 5.39. The van der Waals surface area contributed by atoms with Crippen LogP contribution in [-0.2, 0) is 11.2 Å². The smallest absolute Gasteiger partial charge is 0.534 e. The van der Waals surface area contributed by atoms with E-state index in [2.05, 4.69) is 5.32 Å². The summed E-state index contributed by atoms with van der Waals surface area (Å²) in [5, 5.41) is 22.2. The highest BCUT2D eigenvalue weighted by Crippen LogP contribution is 2.30. The molecule has 1 atom stereocenters. The van der Waals surface area contributed by atoms with Gasteiger partial charge in [-0.05, 0) is 56.1 Å². The number of benzene rings is 1. The van der Waals surface area contributed by atoms with Crippen molar-refractivity contribution in [1.29, 1.82) is 0 Å². The number of rotatable bonds is 5. The summed E-state index contributed by atoms with van der Waals surface area (Å²) in [6, 6.07) is 5.11. The molecule has 7 nitrogen and oxygen atoms in total. The molecule has 1 aromatic rings. The number of carbonyl (C=O) groups excluding carboxylic acids is 1. The van der Waals surface area contributed by atoms with E-state index >= 15 is 0 Å².